The topological polar surface area (TPSA) is 49.3 Å². The van der Waals surface area contributed by atoms with Crippen LogP contribution in [0.3, 0.4) is 0 Å². The molecule has 0 heterocycles. The molecule has 0 saturated carbocycles. The van der Waals surface area contributed by atoms with Crippen LogP contribution in [0, 0.1) is 5.82 Å². The predicted molar refractivity (Wildman–Crippen MR) is 75.2 cm³/mol. The number of phenols is 1. The van der Waals surface area contributed by atoms with Crippen LogP contribution in [0.15, 0.2) is 40.9 Å². The lowest BCUT2D eigenvalue weighted by atomic mass is 10.2. The number of carbonyl (C=O) groups is 1. The molecule has 0 aromatic heterocycles. The van der Waals surface area contributed by atoms with Gasteiger partial charge in [-0.2, -0.15) is 0 Å². The molecule has 0 aliphatic heterocycles. The van der Waals surface area contributed by atoms with Crippen molar-refractivity contribution >= 4 is 39.1 Å². The second kappa shape index (κ2) is 5.59. The lowest BCUT2D eigenvalue weighted by molar-refractivity contribution is 0.102. The van der Waals surface area contributed by atoms with E-state index in [2.05, 4.69) is 21.2 Å². The highest BCUT2D eigenvalue weighted by Crippen LogP contribution is 2.27. The van der Waals surface area contributed by atoms with Crippen molar-refractivity contribution in [3.05, 3.63) is 57.3 Å². The van der Waals surface area contributed by atoms with Crippen molar-refractivity contribution in [1.82, 2.24) is 0 Å². The van der Waals surface area contributed by atoms with Gasteiger partial charge in [-0.25, -0.2) is 4.39 Å². The van der Waals surface area contributed by atoms with Gasteiger partial charge in [-0.3, -0.25) is 4.79 Å². The van der Waals surface area contributed by atoms with E-state index in [1.54, 1.807) is 0 Å². The summed E-state index contributed by atoms with van der Waals surface area (Å²) in [6.45, 7) is 0. The Morgan fingerprint density at radius 3 is 2.74 bits per heavy atom. The van der Waals surface area contributed by atoms with Crippen LogP contribution in [0.2, 0.25) is 5.02 Å². The van der Waals surface area contributed by atoms with Crippen molar-refractivity contribution in [2.45, 2.75) is 0 Å². The Labute approximate surface area is 122 Å². The van der Waals surface area contributed by atoms with Crippen LogP contribution in [-0.2, 0) is 0 Å². The van der Waals surface area contributed by atoms with E-state index < -0.39 is 11.7 Å². The number of rotatable bonds is 2. The molecular formula is C13H8BrClFNO2. The molecule has 19 heavy (non-hydrogen) atoms. The highest BCUT2D eigenvalue weighted by atomic mass is 79.9. The second-order valence-corrected chi connectivity index (χ2v) is 4.92. The first-order chi connectivity index (χ1) is 8.99. The minimum absolute atomic E-state index is 0.00469. The van der Waals surface area contributed by atoms with E-state index in [0.29, 0.717) is 5.69 Å². The van der Waals surface area contributed by atoms with Gasteiger partial charge in [-0.1, -0.05) is 17.7 Å². The average molecular weight is 345 g/mol. The molecule has 1 amide bonds. The monoisotopic (exact) mass is 343 g/mol. The van der Waals surface area contributed by atoms with Crippen molar-refractivity contribution < 1.29 is 14.3 Å². The Hall–Kier alpha value is -1.59. The first kappa shape index (κ1) is 13.8. The lowest BCUT2D eigenvalue weighted by Gasteiger charge is -2.09. The van der Waals surface area contributed by atoms with Crippen LogP contribution >= 0.6 is 27.5 Å². The number of amides is 1. The van der Waals surface area contributed by atoms with Gasteiger partial charge in [0, 0.05) is 6.07 Å². The molecule has 0 unspecified atom stereocenters. The zero-order valence-corrected chi connectivity index (χ0v) is 11.8. The first-order valence-corrected chi connectivity index (χ1v) is 6.40. The molecule has 0 bridgehead atoms. The summed E-state index contributed by atoms with van der Waals surface area (Å²) in [5.74, 6) is -1.03. The van der Waals surface area contributed by atoms with Crippen LogP contribution in [0.1, 0.15) is 10.4 Å². The highest BCUT2D eigenvalue weighted by molar-refractivity contribution is 9.10. The minimum atomic E-state index is -0.524. The molecule has 2 aromatic carbocycles. The van der Waals surface area contributed by atoms with Crippen LogP contribution in [0.4, 0.5) is 10.1 Å². The molecule has 0 spiro atoms. The standard InChI is InChI=1S/C13H8BrClFNO2/c14-12-8(2-1-3-10(12)16)13(19)17-11-5-4-7(18)6-9(11)15/h1-6,18H,(H,17,19). The predicted octanol–water partition coefficient (Wildman–Crippen LogP) is 4.20. The number of carbonyl (C=O) groups excluding carboxylic acids is 1. The largest absolute Gasteiger partial charge is 0.508 e. The number of hydrogen-bond acceptors (Lipinski definition) is 2. The number of anilines is 1. The third kappa shape index (κ3) is 3.05. The average Bonchev–Trinajstić information content (AvgIpc) is 2.36. The lowest BCUT2D eigenvalue weighted by Crippen LogP contribution is -2.13. The normalized spacial score (nSPS) is 10.3. The van der Waals surface area contributed by atoms with Gasteiger partial charge in [0.05, 0.1) is 20.7 Å². The molecule has 2 rings (SSSR count). The summed E-state index contributed by atoms with van der Waals surface area (Å²) < 4.78 is 13.4. The number of nitrogens with one attached hydrogen (secondary N) is 1. The van der Waals surface area contributed by atoms with E-state index >= 15 is 0 Å². The van der Waals surface area contributed by atoms with Gasteiger partial charge in [0.25, 0.3) is 5.91 Å². The summed E-state index contributed by atoms with van der Waals surface area (Å²) in [6, 6.07) is 8.32. The SMILES string of the molecule is O=C(Nc1ccc(O)cc1Cl)c1cccc(F)c1Br. The summed E-state index contributed by atoms with van der Waals surface area (Å²) in [7, 11) is 0. The van der Waals surface area contributed by atoms with Crippen LogP contribution in [0.25, 0.3) is 0 Å². The smallest absolute Gasteiger partial charge is 0.256 e. The van der Waals surface area contributed by atoms with Gasteiger partial charge in [-0.15, -0.1) is 0 Å². The Balaban J connectivity index is 2.28. The Morgan fingerprint density at radius 1 is 1.32 bits per heavy atom. The van der Waals surface area contributed by atoms with E-state index in [0.717, 1.165) is 0 Å². The first-order valence-electron chi connectivity index (χ1n) is 5.23. The van der Waals surface area contributed by atoms with E-state index in [9.17, 15) is 14.3 Å². The number of benzene rings is 2. The summed E-state index contributed by atoms with van der Waals surface area (Å²) >= 11 is 8.89. The number of halogens is 3. The summed E-state index contributed by atoms with van der Waals surface area (Å²) in [6.07, 6.45) is 0. The van der Waals surface area contributed by atoms with E-state index in [4.69, 9.17) is 11.6 Å². The molecule has 0 fully saturated rings. The molecule has 0 aliphatic rings. The van der Waals surface area contributed by atoms with Gasteiger partial charge in [0.2, 0.25) is 0 Å². The third-order valence-corrected chi connectivity index (χ3v) is 3.52. The second-order valence-electron chi connectivity index (χ2n) is 3.72. The van der Waals surface area contributed by atoms with Crippen LogP contribution in [-0.4, -0.2) is 11.0 Å². The maximum absolute atomic E-state index is 13.3. The quantitative estimate of drug-likeness (QED) is 0.802. The molecule has 2 N–H and O–H groups in total. The van der Waals surface area contributed by atoms with Gasteiger partial charge in [-0.05, 0) is 40.2 Å². The third-order valence-electron chi connectivity index (χ3n) is 2.40. The fourth-order valence-corrected chi connectivity index (χ4v) is 2.14. The highest BCUT2D eigenvalue weighted by Gasteiger charge is 2.14. The van der Waals surface area contributed by atoms with Gasteiger partial charge < -0.3 is 10.4 Å². The molecule has 3 nitrogen and oxygen atoms in total. The molecule has 0 aliphatic carbocycles. The van der Waals surface area contributed by atoms with Crippen LogP contribution in [0.5, 0.6) is 5.75 Å². The molecule has 0 saturated heterocycles. The molecule has 98 valence electrons. The van der Waals surface area contributed by atoms with Crippen molar-refractivity contribution in [1.29, 1.82) is 0 Å². The molecular weight excluding hydrogens is 337 g/mol. The van der Waals surface area contributed by atoms with Gasteiger partial charge in [0.1, 0.15) is 11.6 Å². The van der Waals surface area contributed by atoms with Crippen molar-refractivity contribution in [3.63, 3.8) is 0 Å². The maximum Gasteiger partial charge on any atom is 0.256 e. The van der Waals surface area contributed by atoms with Crippen molar-refractivity contribution in [2.75, 3.05) is 5.32 Å². The number of hydrogen-bond donors (Lipinski definition) is 2. The molecule has 0 atom stereocenters. The van der Waals surface area contributed by atoms with Gasteiger partial charge >= 0.3 is 0 Å². The number of phenolic OH excluding ortho intramolecular Hbond substituents is 1. The van der Waals surface area contributed by atoms with E-state index in [1.165, 1.54) is 36.4 Å². The Morgan fingerprint density at radius 2 is 2.05 bits per heavy atom. The summed E-state index contributed by atoms with van der Waals surface area (Å²) in [4.78, 5) is 12.0. The van der Waals surface area contributed by atoms with E-state index in [-0.39, 0.29) is 20.8 Å². The molecule has 2 aromatic rings. The zero-order chi connectivity index (χ0) is 14.0. The zero-order valence-electron chi connectivity index (χ0n) is 9.45. The summed E-state index contributed by atoms with van der Waals surface area (Å²) in [5, 5.41) is 12.0. The van der Waals surface area contributed by atoms with Crippen molar-refractivity contribution in [2.24, 2.45) is 0 Å². The number of aromatic hydroxyl groups is 1. The fourth-order valence-electron chi connectivity index (χ4n) is 1.47. The van der Waals surface area contributed by atoms with Crippen LogP contribution < -0.4 is 5.32 Å². The van der Waals surface area contributed by atoms with E-state index in [1.807, 2.05) is 0 Å². The van der Waals surface area contributed by atoms with Crippen molar-refractivity contribution in [3.8, 4) is 5.75 Å². The fraction of sp³-hybridized carbons (Fsp3) is 0. The Kier molecular flexibility index (Phi) is 4.07. The molecule has 6 heteroatoms. The summed E-state index contributed by atoms with van der Waals surface area (Å²) in [5.41, 5.74) is 0.491. The van der Waals surface area contributed by atoms with Gasteiger partial charge in [0.15, 0.2) is 0 Å². The Bertz CT molecular complexity index is 649. The minimum Gasteiger partial charge on any atom is -0.508 e. The molecule has 0 radical (unpaired) electrons. The maximum atomic E-state index is 13.3.